The van der Waals surface area contributed by atoms with Crippen molar-refractivity contribution < 1.29 is 5.11 Å². The van der Waals surface area contributed by atoms with Gasteiger partial charge in [-0.05, 0) is 29.3 Å². The van der Waals surface area contributed by atoms with Crippen LogP contribution in [0.2, 0.25) is 5.02 Å². The Morgan fingerprint density at radius 2 is 2.06 bits per heavy atom. The number of rotatable bonds is 3. The van der Waals surface area contributed by atoms with Gasteiger partial charge in [0.2, 0.25) is 0 Å². The number of hydrogen-bond donors (Lipinski definition) is 1. The second-order valence-corrected chi connectivity index (χ2v) is 6.03. The third kappa shape index (κ3) is 3.32. The molecule has 0 aliphatic carbocycles. The smallest absolute Gasteiger partial charge is 0.0841 e. The molecule has 2 nitrogen and oxygen atoms in total. The molecule has 1 heterocycles. The molecule has 2 rings (SSSR count). The van der Waals surface area contributed by atoms with Gasteiger partial charge in [-0.2, -0.15) is 0 Å². The molecule has 0 aliphatic heterocycles. The number of nitrogens with zero attached hydrogens (tertiary/aromatic N) is 1. The fourth-order valence-corrected chi connectivity index (χ4v) is 3.17. The maximum atomic E-state index is 10.2. The summed E-state index contributed by atoms with van der Waals surface area (Å²) >= 11 is 12.9. The van der Waals surface area contributed by atoms with Crippen molar-refractivity contribution in [2.45, 2.75) is 12.5 Å². The van der Waals surface area contributed by atoms with Crippen LogP contribution in [0, 0.1) is 0 Å². The van der Waals surface area contributed by atoms with Gasteiger partial charge >= 0.3 is 0 Å². The second kappa shape index (κ2) is 6.15. The molecule has 0 amide bonds. The Morgan fingerprint density at radius 3 is 2.72 bits per heavy atom. The first kappa shape index (κ1) is 14.0. The lowest BCUT2D eigenvalue weighted by Gasteiger charge is -2.14. The molecule has 94 valence electrons. The van der Waals surface area contributed by atoms with E-state index in [0.717, 1.165) is 20.1 Å². The standard InChI is InChI=1S/C13H10Br2ClNO/c14-9-1-2-10(11(15)6-9)13(18)5-8-3-4-17-7-12(8)16/h1-4,6-7,13,18H,5H2. The zero-order valence-electron chi connectivity index (χ0n) is 9.28. The summed E-state index contributed by atoms with van der Waals surface area (Å²) in [5.74, 6) is 0. The monoisotopic (exact) mass is 389 g/mol. The minimum Gasteiger partial charge on any atom is -0.388 e. The molecule has 0 bridgehead atoms. The summed E-state index contributed by atoms with van der Waals surface area (Å²) in [7, 11) is 0. The second-order valence-electron chi connectivity index (χ2n) is 3.85. The third-order valence-electron chi connectivity index (χ3n) is 2.59. The van der Waals surface area contributed by atoms with E-state index in [4.69, 9.17) is 11.6 Å². The van der Waals surface area contributed by atoms with Gasteiger partial charge in [0.05, 0.1) is 11.1 Å². The fraction of sp³-hybridized carbons (Fsp3) is 0.154. The number of hydrogen-bond acceptors (Lipinski definition) is 2. The van der Waals surface area contributed by atoms with Crippen molar-refractivity contribution >= 4 is 43.5 Å². The molecular formula is C13H10Br2ClNO. The minimum atomic E-state index is -0.604. The van der Waals surface area contributed by atoms with E-state index >= 15 is 0 Å². The molecule has 1 atom stereocenters. The Kier molecular flexibility index (Phi) is 4.78. The zero-order valence-corrected chi connectivity index (χ0v) is 13.2. The van der Waals surface area contributed by atoms with Gasteiger partial charge in [-0.15, -0.1) is 0 Å². The molecule has 0 saturated heterocycles. The van der Waals surface area contributed by atoms with E-state index in [0.29, 0.717) is 11.4 Å². The van der Waals surface area contributed by atoms with Crippen LogP contribution >= 0.6 is 43.5 Å². The lowest BCUT2D eigenvalue weighted by atomic mass is 10.0. The normalized spacial score (nSPS) is 12.4. The molecular weight excluding hydrogens is 381 g/mol. The summed E-state index contributed by atoms with van der Waals surface area (Å²) in [4.78, 5) is 3.93. The number of aromatic nitrogens is 1. The van der Waals surface area contributed by atoms with E-state index in [9.17, 15) is 5.11 Å². The summed E-state index contributed by atoms with van der Waals surface area (Å²) in [6, 6.07) is 7.51. The first-order valence-electron chi connectivity index (χ1n) is 5.29. The van der Waals surface area contributed by atoms with Crippen molar-refractivity contribution in [1.29, 1.82) is 0 Å². The Balaban J connectivity index is 2.22. The van der Waals surface area contributed by atoms with E-state index < -0.39 is 6.10 Å². The predicted octanol–water partition coefficient (Wildman–Crippen LogP) is 4.54. The van der Waals surface area contributed by atoms with Gasteiger partial charge in [-0.3, -0.25) is 4.98 Å². The number of benzene rings is 1. The van der Waals surface area contributed by atoms with E-state index in [2.05, 4.69) is 36.8 Å². The van der Waals surface area contributed by atoms with Crippen LogP contribution in [-0.2, 0) is 6.42 Å². The van der Waals surface area contributed by atoms with Crippen molar-refractivity contribution in [3.63, 3.8) is 0 Å². The van der Waals surface area contributed by atoms with E-state index in [-0.39, 0.29) is 0 Å². The maximum absolute atomic E-state index is 10.2. The fourth-order valence-electron chi connectivity index (χ4n) is 1.66. The number of aliphatic hydroxyl groups excluding tert-OH is 1. The van der Waals surface area contributed by atoms with Crippen LogP contribution in [0.3, 0.4) is 0 Å². The van der Waals surface area contributed by atoms with Crippen LogP contribution in [0.1, 0.15) is 17.2 Å². The van der Waals surface area contributed by atoms with Gasteiger partial charge in [0, 0.05) is 27.8 Å². The van der Waals surface area contributed by atoms with Crippen LogP contribution in [0.15, 0.2) is 45.6 Å². The van der Waals surface area contributed by atoms with Crippen LogP contribution in [0.25, 0.3) is 0 Å². The zero-order chi connectivity index (χ0) is 13.1. The molecule has 1 aromatic heterocycles. The van der Waals surface area contributed by atoms with Crippen molar-refractivity contribution in [1.82, 2.24) is 4.98 Å². The first-order chi connectivity index (χ1) is 8.58. The summed E-state index contributed by atoms with van der Waals surface area (Å²) in [5, 5.41) is 10.8. The van der Waals surface area contributed by atoms with Crippen LogP contribution in [-0.4, -0.2) is 10.1 Å². The van der Waals surface area contributed by atoms with E-state index in [1.165, 1.54) is 0 Å². The predicted molar refractivity (Wildman–Crippen MR) is 79.8 cm³/mol. The molecule has 0 radical (unpaired) electrons. The van der Waals surface area contributed by atoms with E-state index in [1.807, 2.05) is 24.3 Å². The average molecular weight is 391 g/mol. The van der Waals surface area contributed by atoms with Crippen molar-refractivity contribution in [2.24, 2.45) is 0 Å². The quantitative estimate of drug-likeness (QED) is 0.834. The van der Waals surface area contributed by atoms with E-state index in [1.54, 1.807) is 12.4 Å². The molecule has 1 N–H and O–H groups in total. The van der Waals surface area contributed by atoms with Gasteiger partial charge < -0.3 is 5.11 Å². The highest BCUT2D eigenvalue weighted by molar-refractivity contribution is 9.11. The molecule has 1 unspecified atom stereocenters. The Morgan fingerprint density at radius 1 is 1.28 bits per heavy atom. The maximum Gasteiger partial charge on any atom is 0.0841 e. The topological polar surface area (TPSA) is 33.1 Å². The highest BCUT2D eigenvalue weighted by Gasteiger charge is 2.13. The number of pyridine rings is 1. The van der Waals surface area contributed by atoms with Gasteiger partial charge in [0.25, 0.3) is 0 Å². The van der Waals surface area contributed by atoms with Gasteiger partial charge in [-0.25, -0.2) is 0 Å². The Labute approximate surface area is 127 Å². The molecule has 0 fully saturated rings. The van der Waals surface area contributed by atoms with Crippen molar-refractivity contribution in [2.75, 3.05) is 0 Å². The lowest BCUT2D eigenvalue weighted by Crippen LogP contribution is -2.03. The Hall–Kier alpha value is -0.420. The highest BCUT2D eigenvalue weighted by Crippen LogP contribution is 2.30. The molecule has 18 heavy (non-hydrogen) atoms. The van der Waals surface area contributed by atoms with Crippen molar-refractivity contribution in [3.8, 4) is 0 Å². The van der Waals surface area contributed by atoms with Gasteiger partial charge in [0.15, 0.2) is 0 Å². The average Bonchev–Trinajstić information content (AvgIpc) is 2.32. The van der Waals surface area contributed by atoms with Crippen LogP contribution < -0.4 is 0 Å². The minimum absolute atomic E-state index is 0.460. The number of halogens is 3. The van der Waals surface area contributed by atoms with Crippen molar-refractivity contribution in [3.05, 3.63) is 61.8 Å². The lowest BCUT2D eigenvalue weighted by molar-refractivity contribution is 0.177. The first-order valence-corrected chi connectivity index (χ1v) is 7.25. The molecule has 1 aromatic carbocycles. The molecule has 0 spiro atoms. The summed E-state index contributed by atoms with van der Waals surface area (Å²) < 4.78 is 1.84. The molecule has 0 aliphatic rings. The van der Waals surface area contributed by atoms with Crippen LogP contribution in [0.5, 0.6) is 0 Å². The van der Waals surface area contributed by atoms with Gasteiger partial charge in [0.1, 0.15) is 0 Å². The van der Waals surface area contributed by atoms with Crippen LogP contribution in [0.4, 0.5) is 0 Å². The summed E-state index contributed by atoms with van der Waals surface area (Å²) in [6.07, 6.45) is 3.11. The highest BCUT2D eigenvalue weighted by atomic mass is 79.9. The SMILES string of the molecule is OC(Cc1ccncc1Cl)c1ccc(Br)cc1Br. The summed E-state index contributed by atoms with van der Waals surface area (Å²) in [6.45, 7) is 0. The molecule has 0 saturated carbocycles. The molecule has 2 aromatic rings. The largest absolute Gasteiger partial charge is 0.388 e. The third-order valence-corrected chi connectivity index (χ3v) is 4.11. The number of aliphatic hydroxyl groups is 1. The Bertz CT molecular complexity index is 562. The molecule has 5 heteroatoms. The summed E-state index contributed by atoms with van der Waals surface area (Å²) in [5.41, 5.74) is 1.72. The van der Waals surface area contributed by atoms with Gasteiger partial charge in [-0.1, -0.05) is 49.5 Å².